The Morgan fingerprint density at radius 3 is 2.90 bits per heavy atom. The highest BCUT2D eigenvalue weighted by atomic mass is 14.9. The highest BCUT2D eigenvalue weighted by molar-refractivity contribution is 5.43. The fourth-order valence-electron chi connectivity index (χ4n) is 2.66. The molecular formula is C17H21N3. The molecule has 2 aromatic rings. The molecule has 1 unspecified atom stereocenters. The first-order valence-electron chi connectivity index (χ1n) is 7.34. The second kappa shape index (κ2) is 5.71. The van der Waals surface area contributed by atoms with E-state index in [9.17, 15) is 0 Å². The largest absolute Gasteiger partial charge is 0.311 e. The van der Waals surface area contributed by atoms with E-state index in [0.29, 0.717) is 11.8 Å². The molecule has 1 heterocycles. The van der Waals surface area contributed by atoms with Gasteiger partial charge in [-0.3, -0.25) is 0 Å². The van der Waals surface area contributed by atoms with Gasteiger partial charge in [-0.25, -0.2) is 9.97 Å². The average Bonchev–Trinajstić information content (AvgIpc) is 2.40. The van der Waals surface area contributed by atoms with Gasteiger partial charge in [0.25, 0.3) is 0 Å². The van der Waals surface area contributed by atoms with Crippen LogP contribution >= 0.6 is 0 Å². The lowest BCUT2D eigenvalue weighted by molar-refractivity contribution is 0.545. The number of benzene rings is 1. The minimum Gasteiger partial charge on any atom is -0.311 e. The number of nitrogens with zero attached hydrogens (tertiary/aromatic N) is 2. The van der Waals surface area contributed by atoms with E-state index < -0.39 is 0 Å². The van der Waals surface area contributed by atoms with Crippen molar-refractivity contribution in [3.8, 4) is 0 Å². The first kappa shape index (κ1) is 13.3. The number of rotatable bonds is 5. The standard InChI is InChI=1S/C17H21N3/c1-12(2)10-18-11-14-7-8-19-17(20-14)16-9-13-5-3-4-6-15(13)16/h3-8,12,16,18H,9-11H2,1-2H3. The molecule has 1 N–H and O–H groups in total. The molecule has 1 atom stereocenters. The van der Waals surface area contributed by atoms with Crippen molar-refractivity contribution in [1.29, 1.82) is 0 Å². The molecule has 20 heavy (non-hydrogen) atoms. The zero-order valence-corrected chi connectivity index (χ0v) is 12.1. The van der Waals surface area contributed by atoms with E-state index in [2.05, 4.69) is 48.4 Å². The Kier molecular flexibility index (Phi) is 3.79. The van der Waals surface area contributed by atoms with E-state index in [1.807, 2.05) is 12.3 Å². The first-order chi connectivity index (χ1) is 9.74. The lowest BCUT2D eigenvalue weighted by Gasteiger charge is -2.28. The molecule has 104 valence electrons. The van der Waals surface area contributed by atoms with E-state index in [1.165, 1.54) is 11.1 Å². The Morgan fingerprint density at radius 2 is 2.10 bits per heavy atom. The van der Waals surface area contributed by atoms with Crippen LogP contribution in [0.1, 0.15) is 42.4 Å². The molecule has 0 saturated heterocycles. The van der Waals surface area contributed by atoms with Crippen molar-refractivity contribution in [3.05, 3.63) is 59.2 Å². The molecule has 0 spiro atoms. The number of aromatic nitrogens is 2. The normalized spacial score (nSPS) is 16.9. The molecule has 3 nitrogen and oxygen atoms in total. The van der Waals surface area contributed by atoms with E-state index >= 15 is 0 Å². The molecule has 0 fully saturated rings. The number of nitrogens with one attached hydrogen (secondary N) is 1. The third-order valence-electron chi connectivity index (χ3n) is 3.76. The number of fused-ring (bicyclic) bond motifs is 1. The van der Waals surface area contributed by atoms with Crippen LogP contribution in [-0.4, -0.2) is 16.5 Å². The quantitative estimate of drug-likeness (QED) is 0.905. The van der Waals surface area contributed by atoms with Crippen LogP contribution in [0.3, 0.4) is 0 Å². The van der Waals surface area contributed by atoms with Gasteiger partial charge >= 0.3 is 0 Å². The summed E-state index contributed by atoms with van der Waals surface area (Å²) in [5.74, 6) is 2.01. The predicted molar refractivity (Wildman–Crippen MR) is 80.6 cm³/mol. The molecule has 3 rings (SSSR count). The summed E-state index contributed by atoms with van der Waals surface area (Å²) in [4.78, 5) is 9.18. The first-order valence-corrected chi connectivity index (χ1v) is 7.34. The Bertz CT molecular complexity index is 592. The summed E-state index contributed by atoms with van der Waals surface area (Å²) < 4.78 is 0. The van der Waals surface area contributed by atoms with Crippen molar-refractivity contribution in [2.24, 2.45) is 5.92 Å². The van der Waals surface area contributed by atoms with Crippen LogP contribution in [0.25, 0.3) is 0 Å². The topological polar surface area (TPSA) is 37.8 Å². The van der Waals surface area contributed by atoms with Crippen LogP contribution in [0.2, 0.25) is 0 Å². The van der Waals surface area contributed by atoms with Gasteiger partial charge in [-0.1, -0.05) is 38.1 Å². The zero-order chi connectivity index (χ0) is 13.9. The molecule has 1 aromatic heterocycles. The monoisotopic (exact) mass is 267 g/mol. The zero-order valence-electron chi connectivity index (χ0n) is 12.1. The van der Waals surface area contributed by atoms with E-state index in [0.717, 1.165) is 31.0 Å². The van der Waals surface area contributed by atoms with Crippen LogP contribution in [0.5, 0.6) is 0 Å². The van der Waals surface area contributed by atoms with Gasteiger partial charge in [-0.2, -0.15) is 0 Å². The second-order valence-electron chi connectivity index (χ2n) is 5.89. The van der Waals surface area contributed by atoms with Crippen LogP contribution in [0, 0.1) is 5.92 Å². The van der Waals surface area contributed by atoms with E-state index in [-0.39, 0.29) is 0 Å². The Hall–Kier alpha value is -1.74. The Balaban J connectivity index is 1.70. The second-order valence-corrected chi connectivity index (χ2v) is 5.89. The van der Waals surface area contributed by atoms with Gasteiger partial charge in [-0.05, 0) is 36.1 Å². The molecule has 1 aromatic carbocycles. The number of hydrogen-bond acceptors (Lipinski definition) is 3. The van der Waals surface area contributed by atoms with Crippen LogP contribution < -0.4 is 5.32 Å². The van der Waals surface area contributed by atoms with Crippen molar-refractivity contribution in [2.45, 2.75) is 32.7 Å². The van der Waals surface area contributed by atoms with Crippen LogP contribution in [-0.2, 0) is 13.0 Å². The molecule has 1 aliphatic carbocycles. The molecule has 3 heteroatoms. The predicted octanol–water partition coefficient (Wildman–Crippen LogP) is 2.91. The molecule has 0 bridgehead atoms. The van der Waals surface area contributed by atoms with Gasteiger partial charge in [0.15, 0.2) is 0 Å². The lowest BCUT2D eigenvalue weighted by atomic mass is 9.77. The fourth-order valence-corrected chi connectivity index (χ4v) is 2.66. The molecule has 1 aliphatic rings. The maximum Gasteiger partial charge on any atom is 0.136 e. The number of hydrogen-bond donors (Lipinski definition) is 1. The summed E-state index contributed by atoms with van der Waals surface area (Å²) in [5, 5.41) is 3.43. The van der Waals surface area contributed by atoms with Crippen molar-refractivity contribution in [3.63, 3.8) is 0 Å². The molecule has 0 aliphatic heterocycles. The Morgan fingerprint density at radius 1 is 1.25 bits per heavy atom. The van der Waals surface area contributed by atoms with Crippen molar-refractivity contribution in [2.75, 3.05) is 6.54 Å². The highest BCUT2D eigenvalue weighted by Crippen LogP contribution is 2.38. The lowest BCUT2D eigenvalue weighted by Crippen LogP contribution is -2.23. The van der Waals surface area contributed by atoms with Gasteiger partial charge in [-0.15, -0.1) is 0 Å². The smallest absolute Gasteiger partial charge is 0.136 e. The summed E-state index contributed by atoms with van der Waals surface area (Å²) in [5.41, 5.74) is 3.91. The minimum absolute atomic E-state index is 0.385. The van der Waals surface area contributed by atoms with Crippen LogP contribution in [0.15, 0.2) is 36.5 Å². The summed E-state index contributed by atoms with van der Waals surface area (Å²) in [7, 11) is 0. The van der Waals surface area contributed by atoms with E-state index in [1.54, 1.807) is 0 Å². The van der Waals surface area contributed by atoms with Crippen molar-refractivity contribution in [1.82, 2.24) is 15.3 Å². The fraction of sp³-hybridized carbons (Fsp3) is 0.412. The summed E-state index contributed by atoms with van der Waals surface area (Å²) in [6.07, 6.45) is 2.95. The van der Waals surface area contributed by atoms with Crippen molar-refractivity contribution >= 4 is 0 Å². The van der Waals surface area contributed by atoms with Gasteiger partial charge in [0.05, 0.1) is 5.69 Å². The van der Waals surface area contributed by atoms with Gasteiger partial charge < -0.3 is 5.32 Å². The third kappa shape index (κ3) is 2.73. The highest BCUT2D eigenvalue weighted by Gasteiger charge is 2.29. The van der Waals surface area contributed by atoms with E-state index in [4.69, 9.17) is 4.98 Å². The molecular weight excluding hydrogens is 246 g/mol. The SMILES string of the molecule is CC(C)CNCc1ccnc(C2Cc3ccccc32)n1. The van der Waals surface area contributed by atoms with Gasteiger partial charge in [0.2, 0.25) is 0 Å². The third-order valence-corrected chi connectivity index (χ3v) is 3.76. The maximum absolute atomic E-state index is 4.72. The maximum atomic E-state index is 4.72. The van der Waals surface area contributed by atoms with Gasteiger partial charge in [0.1, 0.15) is 5.82 Å². The Labute approximate surface area is 120 Å². The van der Waals surface area contributed by atoms with Gasteiger partial charge in [0, 0.05) is 18.7 Å². The molecule has 0 amide bonds. The summed E-state index contributed by atoms with van der Waals surface area (Å²) >= 11 is 0. The molecule has 0 saturated carbocycles. The summed E-state index contributed by atoms with van der Waals surface area (Å²) in [6.45, 7) is 6.26. The van der Waals surface area contributed by atoms with Crippen molar-refractivity contribution < 1.29 is 0 Å². The molecule has 0 radical (unpaired) electrons. The minimum atomic E-state index is 0.385. The average molecular weight is 267 g/mol. The van der Waals surface area contributed by atoms with Crippen LogP contribution in [0.4, 0.5) is 0 Å². The summed E-state index contributed by atoms with van der Waals surface area (Å²) in [6, 6.07) is 10.6.